The largest absolute Gasteiger partial charge is 0.494 e. The summed E-state index contributed by atoms with van der Waals surface area (Å²) in [5, 5.41) is 0. The molecule has 0 aliphatic carbocycles. The van der Waals surface area contributed by atoms with Crippen LogP contribution in [-0.4, -0.2) is 60.0 Å². The number of halogens is 6. The van der Waals surface area contributed by atoms with E-state index in [1.807, 2.05) is 36.9 Å². The topological polar surface area (TPSA) is 45.7 Å². The Kier molecular flexibility index (Phi) is 9.16. The molecule has 0 radical (unpaired) electrons. The summed E-state index contributed by atoms with van der Waals surface area (Å²) in [7, 11) is 1.51. The molecule has 2 heterocycles. The van der Waals surface area contributed by atoms with Gasteiger partial charge in [0, 0.05) is 37.4 Å². The number of aryl methyl sites for hydroxylation is 2. The first-order valence-electron chi connectivity index (χ1n) is 13.1. The van der Waals surface area contributed by atoms with Crippen LogP contribution in [0.3, 0.4) is 0 Å². The molecule has 42 heavy (non-hydrogen) atoms. The third-order valence-electron chi connectivity index (χ3n) is 7.21. The highest BCUT2D eigenvalue weighted by Gasteiger charge is 2.39. The number of pyridine rings is 1. The summed E-state index contributed by atoms with van der Waals surface area (Å²) in [6.07, 6.45) is -8.16. The maximum absolute atomic E-state index is 13.6. The zero-order valence-electron chi connectivity index (χ0n) is 23.2. The number of aromatic nitrogens is 1. The van der Waals surface area contributed by atoms with E-state index in [0.29, 0.717) is 49.6 Å². The quantitative estimate of drug-likeness (QED) is 0.264. The van der Waals surface area contributed by atoms with Gasteiger partial charge >= 0.3 is 12.4 Å². The third-order valence-corrected chi connectivity index (χ3v) is 7.21. The standard InChI is InChI=1S/C31H29F6N3O2/c1-20-8-9-22(14-21(20)2)15-26-19-39(11-5-6-27-28(42-3)7-4-10-38-27)12-13-40(26)29(41)23-16-24(30(32,33)34)18-25(17-23)31(35,36)37/h4,7-10,14,16-18,26H,11-13,15,19H2,1-3H3/t26-/m1/s1. The minimum Gasteiger partial charge on any atom is -0.494 e. The smallest absolute Gasteiger partial charge is 0.416 e. The van der Waals surface area contributed by atoms with E-state index < -0.39 is 41.0 Å². The lowest BCUT2D eigenvalue weighted by Crippen LogP contribution is -2.56. The van der Waals surface area contributed by atoms with Gasteiger partial charge in [-0.05, 0) is 73.2 Å². The van der Waals surface area contributed by atoms with Gasteiger partial charge in [-0.2, -0.15) is 26.3 Å². The Morgan fingerprint density at radius 1 is 0.976 bits per heavy atom. The van der Waals surface area contributed by atoms with Crippen LogP contribution < -0.4 is 4.74 Å². The highest BCUT2D eigenvalue weighted by Crippen LogP contribution is 2.37. The second kappa shape index (κ2) is 12.4. The second-order valence-electron chi connectivity index (χ2n) is 10.2. The van der Waals surface area contributed by atoms with E-state index in [0.717, 1.165) is 16.7 Å². The van der Waals surface area contributed by atoms with Crippen LogP contribution in [0.5, 0.6) is 5.75 Å². The molecule has 1 fully saturated rings. The van der Waals surface area contributed by atoms with E-state index in [9.17, 15) is 31.1 Å². The molecule has 0 saturated carbocycles. The predicted molar refractivity (Wildman–Crippen MR) is 145 cm³/mol. The van der Waals surface area contributed by atoms with E-state index in [2.05, 4.69) is 16.8 Å². The Balaban J connectivity index is 1.63. The molecule has 0 unspecified atom stereocenters. The van der Waals surface area contributed by atoms with Crippen LogP contribution >= 0.6 is 0 Å². The van der Waals surface area contributed by atoms with Crippen LogP contribution in [0.1, 0.15) is 43.9 Å². The van der Waals surface area contributed by atoms with Crippen LogP contribution in [0.4, 0.5) is 26.3 Å². The molecule has 4 rings (SSSR count). The average Bonchev–Trinajstić information content (AvgIpc) is 2.94. The summed E-state index contributed by atoms with van der Waals surface area (Å²) in [6, 6.07) is 9.74. The fourth-order valence-corrected chi connectivity index (χ4v) is 4.84. The molecule has 1 aliphatic rings. The van der Waals surface area contributed by atoms with Gasteiger partial charge in [-0.15, -0.1) is 0 Å². The van der Waals surface area contributed by atoms with Crippen LogP contribution in [0, 0.1) is 25.7 Å². The summed E-state index contributed by atoms with van der Waals surface area (Å²) >= 11 is 0. The molecule has 0 bridgehead atoms. The second-order valence-corrected chi connectivity index (χ2v) is 10.2. The van der Waals surface area contributed by atoms with Gasteiger partial charge in [0.05, 0.1) is 24.8 Å². The van der Waals surface area contributed by atoms with Crippen molar-refractivity contribution in [2.24, 2.45) is 0 Å². The molecule has 5 nitrogen and oxygen atoms in total. The van der Waals surface area contributed by atoms with E-state index >= 15 is 0 Å². The number of carbonyl (C=O) groups excluding carboxylic acids is 1. The van der Waals surface area contributed by atoms with Crippen molar-refractivity contribution in [2.45, 2.75) is 38.7 Å². The number of hydrogen-bond acceptors (Lipinski definition) is 4. The van der Waals surface area contributed by atoms with E-state index in [4.69, 9.17) is 4.74 Å². The van der Waals surface area contributed by atoms with Crippen molar-refractivity contribution >= 4 is 5.91 Å². The highest BCUT2D eigenvalue weighted by atomic mass is 19.4. The molecule has 1 aromatic heterocycles. The number of amides is 1. The van der Waals surface area contributed by atoms with E-state index in [1.165, 1.54) is 12.0 Å². The maximum Gasteiger partial charge on any atom is 0.416 e. The minimum absolute atomic E-state index is 0.0243. The third kappa shape index (κ3) is 7.42. The van der Waals surface area contributed by atoms with Crippen LogP contribution in [-0.2, 0) is 18.8 Å². The van der Waals surface area contributed by atoms with Crippen molar-refractivity contribution in [3.63, 3.8) is 0 Å². The fourth-order valence-electron chi connectivity index (χ4n) is 4.84. The molecule has 0 N–H and O–H groups in total. The van der Waals surface area contributed by atoms with Crippen LogP contribution in [0.25, 0.3) is 0 Å². The summed E-state index contributed by atoms with van der Waals surface area (Å²) in [6.45, 7) is 4.95. The first-order valence-corrected chi connectivity index (χ1v) is 13.1. The summed E-state index contributed by atoms with van der Waals surface area (Å²) < 4.78 is 86.2. The zero-order valence-corrected chi connectivity index (χ0v) is 23.2. The Bertz CT molecular complexity index is 1470. The Morgan fingerprint density at radius 3 is 2.29 bits per heavy atom. The van der Waals surface area contributed by atoms with Gasteiger partial charge in [-0.25, -0.2) is 4.98 Å². The molecule has 11 heteroatoms. The number of methoxy groups -OCH3 is 1. The van der Waals surface area contributed by atoms with Gasteiger partial charge in [-0.3, -0.25) is 9.69 Å². The first-order chi connectivity index (χ1) is 19.8. The molecule has 3 aromatic rings. The molecule has 1 aliphatic heterocycles. The maximum atomic E-state index is 13.6. The zero-order chi connectivity index (χ0) is 30.7. The molecule has 1 saturated heterocycles. The molecule has 1 atom stereocenters. The van der Waals surface area contributed by atoms with Crippen molar-refractivity contribution in [3.8, 4) is 17.6 Å². The number of hydrogen-bond donors (Lipinski definition) is 0. The van der Waals surface area contributed by atoms with Crippen molar-refractivity contribution in [1.82, 2.24) is 14.8 Å². The number of rotatable bonds is 5. The lowest BCUT2D eigenvalue weighted by atomic mass is 9.97. The minimum atomic E-state index is -5.05. The van der Waals surface area contributed by atoms with Gasteiger partial charge < -0.3 is 9.64 Å². The first kappa shape index (κ1) is 30.9. The Hall–Kier alpha value is -4.04. The number of carbonyl (C=O) groups is 1. The summed E-state index contributed by atoms with van der Waals surface area (Å²) in [5.74, 6) is 5.66. The SMILES string of the molecule is COc1cccnc1C#CCN1CCN(C(=O)c2cc(C(F)(F)F)cc(C(F)(F)F)c2)[C@H](Cc2ccc(C)c(C)c2)C1. The Labute approximate surface area is 240 Å². The molecular weight excluding hydrogens is 560 g/mol. The number of nitrogens with zero attached hydrogens (tertiary/aromatic N) is 3. The number of piperazine rings is 1. The van der Waals surface area contributed by atoms with Gasteiger partial charge in [0.25, 0.3) is 5.91 Å². The lowest BCUT2D eigenvalue weighted by Gasteiger charge is -2.41. The van der Waals surface area contributed by atoms with Gasteiger partial charge in [0.1, 0.15) is 0 Å². The highest BCUT2D eigenvalue weighted by molar-refractivity contribution is 5.95. The monoisotopic (exact) mass is 589 g/mol. The van der Waals surface area contributed by atoms with Crippen molar-refractivity contribution in [3.05, 3.63) is 93.8 Å². The summed E-state index contributed by atoms with van der Waals surface area (Å²) in [5.41, 5.74) is -0.243. The van der Waals surface area contributed by atoms with Crippen molar-refractivity contribution in [2.75, 3.05) is 33.3 Å². The number of ether oxygens (including phenoxy) is 1. The number of alkyl halides is 6. The van der Waals surface area contributed by atoms with E-state index in [-0.39, 0.29) is 12.6 Å². The lowest BCUT2D eigenvalue weighted by molar-refractivity contribution is -0.143. The average molecular weight is 590 g/mol. The molecular formula is C31H29F6N3O2. The predicted octanol–water partition coefficient (Wildman–Crippen LogP) is 6.17. The normalized spacial score (nSPS) is 16.1. The fraction of sp³-hybridized carbons (Fsp3) is 0.355. The van der Waals surface area contributed by atoms with Crippen LogP contribution in [0.15, 0.2) is 54.7 Å². The molecule has 2 aromatic carbocycles. The van der Waals surface area contributed by atoms with E-state index in [1.54, 1.807) is 18.3 Å². The van der Waals surface area contributed by atoms with Gasteiger partial charge in [0.15, 0.2) is 11.4 Å². The molecule has 1 amide bonds. The van der Waals surface area contributed by atoms with Crippen LogP contribution in [0.2, 0.25) is 0 Å². The van der Waals surface area contributed by atoms with Crippen molar-refractivity contribution < 1.29 is 35.9 Å². The van der Waals surface area contributed by atoms with Gasteiger partial charge in [-0.1, -0.05) is 24.1 Å². The van der Waals surface area contributed by atoms with Gasteiger partial charge in [0.2, 0.25) is 0 Å². The number of benzene rings is 2. The Morgan fingerprint density at radius 2 is 1.67 bits per heavy atom. The summed E-state index contributed by atoms with van der Waals surface area (Å²) in [4.78, 5) is 21.1. The molecule has 222 valence electrons. The molecule has 0 spiro atoms. The van der Waals surface area contributed by atoms with Crippen molar-refractivity contribution in [1.29, 1.82) is 0 Å².